The number of anilines is 1. The van der Waals surface area contributed by atoms with Crippen LogP contribution in [-0.4, -0.2) is 10.9 Å². The molecule has 1 amide bonds. The van der Waals surface area contributed by atoms with Gasteiger partial charge in [-0.15, -0.1) is 11.3 Å². The third kappa shape index (κ3) is 3.70. The monoisotopic (exact) mass is 316 g/mol. The number of aromatic nitrogens is 1. The van der Waals surface area contributed by atoms with Gasteiger partial charge in [0.15, 0.2) is 0 Å². The van der Waals surface area contributed by atoms with E-state index in [0.717, 1.165) is 18.2 Å². The second-order valence-electron chi connectivity index (χ2n) is 4.06. The zero-order valence-electron chi connectivity index (χ0n) is 10.6. The van der Waals surface area contributed by atoms with E-state index in [2.05, 4.69) is 15.7 Å². The summed E-state index contributed by atoms with van der Waals surface area (Å²) >= 11 is 1.36. The minimum Gasteiger partial charge on any atom is -0.346 e. The third-order valence-electron chi connectivity index (χ3n) is 2.66. The number of carbonyl (C=O) groups is 1. The summed E-state index contributed by atoms with van der Waals surface area (Å²) in [4.78, 5) is 16.0. The molecule has 112 valence electrons. The van der Waals surface area contributed by atoms with E-state index in [-0.39, 0.29) is 17.8 Å². The van der Waals surface area contributed by atoms with Gasteiger partial charge in [0.05, 0.1) is 34.6 Å². The SMILES string of the molecule is NNc1ccc(C(F)(F)F)cc1C(=O)NCc1cscn1. The maximum atomic E-state index is 12.7. The smallest absolute Gasteiger partial charge is 0.346 e. The molecule has 0 unspecified atom stereocenters. The molecule has 0 aliphatic heterocycles. The molecule has 0 bridgehead atoms. The lowest BCUT2D eigenvalue weighted by atomic mass is 10.1. The number of rotatable bonds is 4. The molecule has 21 heavy (non-hydrogen) atoms. The summed E-state index contributed by atoms with van der Waals surface area (Å²) in [5, 5.41) is 4.23. The highest BCUT2D eigenvalue weighted by atomic mass is 32.1. The number of hydrogen-bond acceptors (Lipinski definition) is 5. The first-order valence-corrected chi connectivity index (χ1v) is 6.69. The van der Waals surface area contributed by atoms with Crippen LogP contribution >= 0.6 is 11.3 Å². The number of nitrogens with one attached hydrogen (secondary N) is 2. The predicted molar refractivity (Wildman–Crippen MR) is 72.5 cm³/mol. The Labute approximate surface area is 122 Å². The van der Waals surface area contributed by atoms with Crippen molar-refractivity contribution >= 4 is 22.9 Å². The predicted octanol–water partition coefficient (Wildman–Crippen LogP) is 2.38. The number of benzene rings is 1. The molecule has 0 radical (unpaired) electrons. The average Bonchev–Trinajstić information content (AvgIpc) is 2.96. The Bertz CT molecular complexity index is 628. The lowest BCUT2D eigenvalue weighted by Gasteiger charge is -2.13. The fourth-order valence-corrected chi connectivity index (χ4v) is 2.18. The Balaban J connectivity index is 2.21. The highest BCUT2D eigenvalue weighted by Crippen LogP contribution is 2.31. The van der Waals surface area contributed by atoms with Crippen molar-refractivity contribution in [3.63, 3.8) is 0 Å². The molecule has 4 N–H and O–H groups in total. The number of alkyl halides is 3. The van der Waals surface area contributed by atoms with Crippen molar-refractivity contribution in [3.8, 4) is 0 Å². The first-order valence-electron chi connectivity index (χ1n) is 5.75. The van der Waals surface area contributed by atoms with E-state index in [1.807, 2.05) is 0 Å². The van der Waals surface area contributed by atoms with Crippen molar-refractivity contribution in [2.75, 3.05) is 5.43 Å². The maximum Gasteiger partial charge on any atom is 0.416 e. The Morgan fingerprint density at radius 1 is 1.38 bits per heavy atom. The highest BCUT2D eigenvalue weighted by Gasteiger charge is 2.31. The van der Waals surface area contributed by atoms with E-state index in [4.69, 9.17) is 5.84 Å². The molecule has 1 aromatic heterocycles. The molecule has 5 nitrogen and oxygen atoms in total. The normalized spacial score (nSPS) is 11.2. The van der Waals surface area contributed by atoms with Gasteiger partial charge >= 0.3 is 6.18 Å². The van der Waals surface area contributed by atoms with Crippen LogP contribution in [-0.2, 0) is 12.7 Å². The second kappa shape index (κ2) is 6.10. The first-order chi connectivity index (χ1) is 9.91. The van der Waals surface area contributed by atoms with Gasteiger partial charge in [0.2, 0.25) is 0 Å². The first kappa shape index (κ1) is 15.3. The second-order valence-corrected chi connectivity index (χ2v) is 4.78. The molecule has 1 heterocycles. The van der Waals surface area contributed by atoms with E-state index in [9.17, 15) is 18.0 Å². The number of nitrogens with zero attached hydrogens (tertiary/aromatic N) is 1. The zero-order valence-corrected chi connectivity index (χ0v) is 11.4. The van der Waals surface area contributed by atoms with Gasteiger partial charge in [-0.3, -0.25) is 10.6 Å². The van der Waals surface area contributed by atoms with Gasteiger partial charge in [0.1, 0.15) is 0 Å². The third-order valence-corrected chi connectivity index (χ3v) is 3.30. The molecular weight excluding hydrogens is 305 g/mol. The van der Waals surface area contributed by atoms with Crippen molar-refractivity contribution < 1.29 is 18.0 Å². The summed E-state index contributed by atoms with van der Waals surface area (Å²) in [6, 6.07) is 2.72. The number of hydrogen-bond donors (Lipinski definition) is 3. The van der Waals surface area contributed by atoms with Crippen molar-refractivity contribution in [2.24, 2.45) is 5.84 Å². The summed E-state index contributed by atoms with van der Waals surface area (Å²) < 4.78 is 38.1. The summed E-state index contributed by atoms with van der Waals surface area (Å²) in [6.07, 6.45) is -4.53. The Kier molecular flexibility index (Phi) is 4.43. The lowest BCUT2D eigenvalue weighted by molar-refractivity contribution is -0.137. The molecule has 0 aliphatic rings. The highest BCUT2D eigenvalue weighted by molar-refractivity contribution is 7.07. The molecule has 0 atom stereocenters. The molecule has 0 aliphatic carbocycles. The van der Waals surface area contributed by atoms with E-state index in [0.29, 0.717) is 5.69 Å². The van der Waals surface area contributed by atoms with Crippen LogP contribution in [0.3, 0.4) is 0 Å². The molecule has 9 heteroatoms. The number of thiazole rings is 1. The van der Waals surface area contributed by atoms with Crippen LogP contribution in [0.2, 0.25) is 0 Å². The van der Waals surface area contributed by atoms with Gasteiger partial charge in [-0.05, 0) is 18.2 Å². The number of nitrogens with two attached hydrogens (primary N) is 1. The van der Waals surface area contributed by atoms with E-state index < -0.39 is 17.6 Å². The van der Waals surface area contributed by atoms with Crippen LogP contribution in [0, 0.1) is 0 Å². The quantitative estimate of drug-likeness (QED) is 0.597. The van der Waals surface area contributed by atoms with Crippen LogP contribution < -0.4 is 16.6 Å². The van der Waals surface area contributed by atoms with Gasteiger partial charge in [-0.1, -0.05) is 0 Å². The van der Waals surface area contributed by atoms with Crippen LogP contribution in [0.15, 0.2) is 29.1 Å². The summed E-state index contributed by atoms with van der Waals surface area (Å²) in [6.45, 7) is 0.128. The topological polar surface area (TPSA) is 80.0 Å². The lowest BCUT2D eigenvalue weighted by Crippen LogP contribution is -2.25. The zero-order chi connectivity index (χ0) is 15.5. The Morgan fingerprint density at radius 2 is 2.14 bits per heavy atom. The Morgan fingerprint density at radius 3 is 2.71 bits per heavy atom. The Hall–Kier alpha value is -2.13. The number of carbonyl (C=O) groups excluding carboxylic acids is 1. The van der Waals surface area contributed by atoms with Crippen molar-refractivity contribution in [2.45, 2.75) is 12.7 Å². The molecule has 0 fully saturated rings. The molecule has 0 saturated heterocycles. The minimum absolute atomic E-state index is 0.110. The number of nitrogen functional groups attached to an aromatic ring is 1. The number of halogens is 3. The van der Waals surface area contributed by atoms with Gasteiger partial charge < -0.3 is 10.7 Å². The van der Waals surface area contributed by atoms with Crippen LogP contribution in [0.1, 0.15) is 21.6 Å². The molecule has 2 aromatic rings. The fraction of sp³-hybridized carbons (Fsp3) is 0.167. The molecular formula is C12H11F3N4OS. The van der Waals surface area contributed by atoms with Gasteiger partial charge in [0.25, 0.3) is 5.91 Å². The van der Waals surface area contributed by atoms with Crippen LogP contribution in [0.25, 0.3) is 0 Å². The molecule has 2 rings (SSSR count). The summed E-state index contributed by atoms with van der Waals surface area (Å²) in [7, 11) is 0. The average molecular weight is 316 g/mol. The molecule has 0 spiro atoms. The fourth-order valence-electron chi connectivity index (χ4n) is 1.63. The summed E-state index contributed by atoms with van der Waals surface area (Å²) in [5.41, 5.74) is 3.45. The van der Waals surface area contributed by atoms with E-state index in [1.165, 1.54) is 11.3 Å². The summed E-state index contributed by atoms with van der Waals surface area (Å²) in [5.74, 6) is 4.55. The molecule has 0 saturated carbocycles. The van der Waals surface area contributed by atoms with Crippen LogP contribution in [0.4, 0.5) is 18.9 Å². The standard InChI is InChI=1S/C12H11F3N4OS/c13-12(14,15)7-1-2-10(19-16)9(3-7)11(20)17-4-8-5-21-6-18-8/h1-3,5-6,19H,4,16H2,(H,17,20). The van der Waals surface area contributed by atoms with Gasteiger partial charge in [-0.2, -0.15) is 13.2 Å². The van der Waals surface area contributed by atoms with E-state index >= 15 is 0 Å². The van der Waals surface area contributed by atoms with Crippen molar-refractivity contribution in [3.05, 3.63) is 45.9 Å². The van der Waals surface area contributed by atoms with Crippen molar-refractivity contribution in [1.82, 2.24) is 10.3 Å². The maximum absolute atomic E-state index is 12.7. The minimum atomic E-state index is -4.53. The number of hydrazine groups is 1. The van der Waals surface area contributed by atoms with Gasteiger partial charge in [0, 0.05) is 5.38 Å². The van der Waals surface area contributed by atoms with Crippen LogP contribution in [0.5, 0.6) is 0 Å². The van der Waals surface area contributed by atoms with Gasteiger partial charge in [-0.25, -0.2) is 4.98 Å². The number of amides is 1. The largest absolute Gasteiger partial charge is 0.416 e. The van der Waals surface area contributed by atoms with Crippen molar-refractivity contribution in [1.29, 1.82) is 0 Å². The molecule has 1 aromatic carbocycles. The van der Waals surface area contributed by atoms with E-state index in [1.54, 1.807) is 10.9 Å².